The molecule has 0 spiro atoms. The molecule has 1 heterocycles. The second kappa shape index (κ2) is 5.54. The number of nitrogens with zero attached hydrogens (tertiary/aromatic N) is 1. The van der Waals surface area contributed by atoms with Crippen molar-refractivity contribution in [2.75, 3.05) is 24.6 Å². The molecule has 1 aromatic carbocycles. The summed E-state index contributed by atoms with van der Waals surface area (Å²) in [7, 11) is 0. The van der Waals surface area contributed by atoms with Crippen LogP contribution in [0.1, 0.15) is 12.8 Å². The Bertz CT molecular complexity index is 381. The molecule has 2 rings (SSSR count). The Kier molecular flexibility index (Phi) is 4.05. The van der Waals surface area contributed by atoms with Crippen LogP contribution in [-0.2, 0) is 0 Å². The lowest BCUT2D eigenvalue weighted by molar-refractivity contribution is 0.0819. The summed E-state index contributed by atoms with van der Waals surface area (Å²) in [6, 6.07) is 5.28. The molecule has 0 saturated carbocycles. The number of benzene rings is 1. The minimum absolute atomic E-state index is 0.315. The van der Waals surface area contributed by atoms with Gasteiger partial charge in [0.15, 0.2) is 0 Å². The van der Waals surface area contributed by atoms with E-state index < -0.39 is 13.0 Å². The van der Waals surface area contributed by atoms with Gasteiger partial charge in [-0.1, -0.05) is 11.6 Å². The smallest absolute Gasteiger partial charge is 0.272 e. The molecule has 0 aromatic heterocycles. The Hall–Kier alpha value is -1.03. The lowest BCUT2D eigenvalue weighted by Crippen LogP contribution is -2.17. The van der Waals surface area contributed by atoms with Crippen LogP contribution in [0, 0.1) is 0 Å². The molecular weight excluding hydrogens is 248 g/mol. The van der Waals surface area contributed by atoms with Crippen LogP contribution in [0.3, 0.4) is 0 Å². The quantitative estimate of drug-likeness (QED) is 0.821. The SMILES string of the molecule is FC(F)COc1ccc(N2CCCC2)cc1Cl. The summed E-state index contributed by atoms with van der Waals surface area (Å²) in [5, 5.41) is 0.384. The zero-order valence-corrected chi connectivity index (χ0v) is 10.1. The molecule has 1 aliphatic heterocycles. The molecule has 1 saturated heterocycles. The topological polar surface area (TPSA) is 12.5 Å². The zero-order chi connectivity index (χ0) is 12.3. The van der Waals surface area contributed by atoms with Crippen LogP contribution in [0.25, 0.3) is 0 Å². The number of rotatable bonds is 4. The maximum Gasteiger partial charge on any atom is 0.272 e. The molecule has 0 N–H and O–H groups in total. The van der Waals surface area contributed by atoms with Gasteiger partial charge in [0.1, 0.15) is 12.4 Å². The largest absolute Gasteiger partial charge is 0.486 e. The summed E-state index contributed by atoms with van der Waals surface area (Å²) in [5.74, 6) is 0.315. The molecule has 1 aromatic rings. The van der Waals surface area contributed by atoms with Gasteiger partial charge >= 0.3 is 0 Å². The first-order valence-electron chi connectivity index (χ1n) is 5.62. The molecule has 1 fully saturated rings. The predicted molar refractivity (Wildman–Crippen MR) is 64.4 cm³/mol. The Morgan fingerprint density at radius 2 is 2.00 bits per heavy atom. The number of alkyl halides is 2. The summed E-state index contributed by atoms with van der Waals surface area (Å²) >= 11 is 5.99. The number of hydrogen-bond acceptors (Lipinski definition) is 2. The van der Waals surface area contributed by atoms with Crippen molar-refractivity contribution < 1.29 is 13.5 Å². The van der Waals surface area contributed by atoms with Crippen molar-refractivity contribution in [3.8, 4) is 5.75 Å². The lowest BCUT2D eigenvalue weighted by Gasteiger charge is -2.18. The van der Waals surface area contributed by atoms with Crippen molar-refractivity contribution in [1.29, 1.82) is 0 Å². The normalized spacial score (nSPS) is 15.6. The average Bonchev–Trinajstić information content (AvgIpc) is 2.80. The molecule has 94 valence electrons. The average molecular weight is 262 g/mol. The van der Waals surface area contributed by atoms with Crippen LogP contribution in [0.4, 0.5) is 14.5 Å². The second-order valence-electron chi connectivity index (χ2n) is 4.01. The van der Waals surface area contributed by atoms with Gasteiger partial charge in [-0.05, 0) is 31.0 Å². The Morgan fingerprint density at radius 3 is 2.59 bits per heavy atom. The third-order valence-electron chi connectivity index (χ3n) is 2.75. The van der Waals surface area contributed by atoms with E-state index in [2.05, 4.69) is 4.90 Å². The van der Waals surface area contributed by atoms with Gasteiger partial charge < -0.3 is 9.64 Å². The summed E-state index contributed by atoms with van der Waals surface area (Å²) in [5.41, 5.74) is 1.02. The monoisotopic (exact) mass is 261 g/mol. The van der Waals surface area contributed by atoms with E-state index in [1.54, 1.807) is 12.1 Å². The van der Waals surface area contributed by atoms with E-state index in [-0.39, 0.29) is 0 Å². The highest BCUT2D eigenvalue weighted by atomic mass is 35.5. The third kappa shape index (κ3) is 3.22. The summed E-state index contributed by atoms with van der Waals surface area (Å²) in [6.07, 6.45) is -0.119. The van der Waals surface area contributed by atoms with E-state index in [1.165, 1.54) is 12.8 Å². The van der Waals surface area contributed by atoms with Crippen LogP contribution in [0.15, 0.2) is 18.2 Å². The van der Waals surface area contributed by atoms with Gasteiger partial charge in [0.2, 0.25) is 0 Å². The van der Waals surface area contributed by atoms with Gasteiger partial charge in [0.25, 0.3) is 6.43 Å². The Balaban J connectivity index is 2.05. The van der Waals surface area contributed by atoms with Crippen LogP contribution < -0.4 is 9.64 Å². The maximum absolute atomic E-state index is 12.0. The molecule has 0 radical (unpaired) electrons. The summed E-state index contributed by atoms with van der Waals surface area (Å²) in [6.45, 7) is 1.42. The third-order valence-corrected chi connectivity index (χ3v) is 3.05. The highest BCUT2D eigenvalue weighted by Crippen LogP contribution is 2.31. The molecule has 2 nitrogen and oxygen atoms in total. The van der Waals surface area contributed by atoms with E-state index in [0.29, 0.717) is 10.8 Å². The van der Waals surface area contributed by atoms with Gasteiger partial charge in [-0.25, -0.2) is 8.78 Å². The van der Waals surface area contributed by atoms with Gasteiger partial charge in [0, 0.05) is 18.8 Å². The summed E-state index contributed by atoms with van der Waals surface area (Å²) < 4.78 is 28.9. The van der Waals surface area contributed by atoms with Crippen molar-refractivity contribution in [3.05, 3.63) is 23.2 Å². The molecule has 0 aliphatic carbocycles. The highest BCUT2D eigenvalue weighted by Gasteiger charge is 2.14. The van der Waals surface area contributed by atoms with Crippen molar-refractivity contribution in [2.45, 2.75) is 19.3 Å². The number of halogens is 3. The minimum atomic E-state index is -2.48. The fourth-order valence-electron chi connectivity index (χ4n) is 1.93. The molecule has 0 atom stereocenters. The van der Waals surface area contributed by atoms with Crippen LogP contribution in [-0.4, -0.2) is 26.1 Å². The van der Waals surface area contributed by atoms with Gasteiger partial charge in [0.05, 0.1) is 5.02 Å². The summed E-state index contributed by atoms with van der Waals surface area (Å²) in [4.78, 5) is 2.22. The van der Waals surface area contributed by atoms with Gasteiger partial charge in [-0.15, -0.1) is 0 Å². The Morgan fingerprint density at radius 1 is 1.29 bits per heavy atom. The number of ether oxygens (including phenoxy) is 1. The number of anilines is 1. The maximum atomic E-state index is 12.0. The second-order valence-corrected chi connectivity index (χ2v) is 4.42. The van der Waals surface area contributed by atoms with Crippen molar-refractivity contribution in [3.63, 3.8) is 0 Å². The van der Waals surface area contributed by atoms with E-state index >= 15 is 0 Å². The van der Waals surface area contributed by atoms with E-state index in [4.69, 9.17) is 16.3 Å². The lowest BCUT2D eigenvalue weighted by atomic mass is 10.3. The van der Waals surface area contributed by atoms with Crippen LogP contribution in [0.5, 0.6) is 5.75 Å². The fourth-order valence-corrected chi connectivity index (χ4v) is 2.16. The number of hydrogen-bond donors (Lipinski definition) is 0. The molecule has 0 amide bonds. The van der Waals surface area contributed by atoms with E-state index in [9.17, 15) is 8.78 Å². The molecule has 0 bridgehead atoms. The first-order chi connectivity index (χ1) is 8.16. The van der Waals surface area contributed by atoms with Gasteiger partial charge in [-0.2, -0.15) is 0 Å². The first kappa shape index (κ1) is 12.4. The first-order valence-corrected chi connectivity index (χ1v) is 6.00. The van der Waals surface area contributed by atoms with Crippen molar-refractivity contribution in [2.24, 2.45) is 0 Å². The van der Waals surface area contributed by atoms with E-state index in [0.717, 1.165) is 18.8 Å². The Labute approximate surface area is 104 Å². The molecule has 5 heteroatoms. The van der Waals surface area contributed by atoms with Crippen molar-refractivity contribution >= 4 is 17.3 Å². The predicted octanol–water partition coefficient (Wildman–Crippen LogP) is 3.58. The molecule has 0 unspecified atom stereocenters. The molecule has 1 aliphatic rings. The van der Waals surface area contributed by atoms with Gasteiger partial charge in [-0.3, -0.25) is 0 Å². The van der Waals surface area contributed by atoms with Crippen LogP contribution >= 0.6 is 11.6 Å². The fraction of sp³-hybridized carbons (Fsp3) is 0.500. The van der Waals surface area contributed by atoms with E-state index in [1.807, 2.05) is 6.07 Å². The minimum Gasteiger partial charge on any atom is -0.486 e. The molecule has 17 heavy (non-hydrogen) atoms. The zero-order valence-electron chi connectivity index (χ0n) is 9.33. The standard InChI is InChI=1S/C12H14ClF2NO/c13-10-7-9(16-5-1-2-6-16)3-4-11(10)17-8-12(14)15/h3-4,7,12H,1-2,5-6,8H2. The highest BCUT2D eigenvalue weighted by molar-refractivity contribution is 6.32. The molecular formula is C12H14ClF2NO. The van der Waals surface area contributed by atoms with Crippen molar-refractivity contribution in [1.82, 2.24) is 0 Å². The van der Waals surface area contributed by atoms with Crippen LogP contribution in [0.2, 0.25) is 5.02 Å².